The molecule has 2 rings (SSSR count). The van der Waals surface area contributed by atoms with Gasteiger partial charge in [-0.25, -0.2) is 22.9 Å². The van der Waals surface area contributed by atoms with Gasteiger partial charge in [0.15, 0.2) is 5.03 Å². The van der Waals surface area contributed by atoms with Gasteiger partial charge in [0.2, 0.25) is 0 Å². The van der Waals surface area contributed by atoms with Gasteiger partial charge >= 0.3 is 0 Å². The second kappa shape index (κ2) is 5.57. The molecule has 0 aliphatic rings. The fourth-order valence-corrected chi connectivity index (χ4v) is 2.62. The third-order valence-corrected chi connectivity index (χ3v) is 4.02. The molecule has 7 heteroatoms. The molecule has 2 N–H and O–H groups in total. The van der Waals surface area contributed by atoms with Crippen molar-refractivity contribution in [3.8, 4) is 0 Å². The summed E-state index contributed by atoms with van der Waals surface area (Å²) in [5.41, 5.74) is 1.70. The molecule has 0 amide bonds. The summed E-state index contributed by atoms with van der Waals surface area (Å²) in [7, 11) is -3.85. The lowest BCUT2D eigenvalue weighted by Crippen LogP contribution is -2.12. The zero-order chi connectivity index (χ0) is 15.8. The quantitative estimate of drug-likeness (QED) is 0.939. The molecule has 2 aromatic rings. The van der Waals surface area contributed by atoms with Crippen molar-refractivity contribution in [3.05, 3.63) is 47.2 Å². The molecule has 0 radical (unpaired) electrons. The smallest absolute Gasteiger partial charge is 0.257 e. The first-order chi connectivity index (χ1) is 9.68. The SMILES string of the molecule is Cc1ccc(F)cc1Cn1cc(S(N)(=O)=O)nc1C(C)C. The monoisotopic (exact) mass is 311 g/mol. The van der Waals surface area contributed by atoms with Crippen molar-refractivity contribution in [1.82, 2.24) is 9.55 Å². The van der Waals surface area contributed by atoms with Crippen molar-refractivity contribution < 1.29 is 12.8 Å². The van der Waals surface area contributed by atoms with Crippen LogP contribution >= 0.6 is 0 Å². The highest BCUT2D eigenvalue weighted by Crippen LogP contribution is 2.20. The predicted octanol–water partition coefficient (Wildman–Crippen LogP) is 2.15. The van der Waals surface area contributed by atoms with Crippen LogP contribution in [0.25, 0.3) is 0 Å². The Bertz CT molecular complexity index is 767. The van der Waals surface area contributed by atoms with E-state index in [0.717, 1.165) is 11.1 Å². The van der Waals surface area contributed by atoms with Crippen LogP contribution in [0.4, 0.5) is 4.39 Å². The van der Waals surface area contributed by atoms with E-state index < -0.39 is 10.0 Å². The maximum Gasteiger partial charge on any atom is 0.257 e. The molecule has 1 aromatic heterocycles. The standard InChI is InChI=1S/C14H18FN3O2S/c1-9(2)14-17-13(21(16,19)20)8-18(14)7-11-6-12(15)5-4-10(11)3/h4-6,8-9H,7H2,1-3H3,(H2,16,19,20). The number of nitrogens with zero attached hydrogens (tertiary/aromatic N) is 2. The first-order valence-electron chi connectivity index (χ1n) is 6.53. The van der Waals surface area contributed by atoms with Gasteiger partial charge in [0, 0.05) is 18.7 Å². The minimum atomic E-state index is -3.85. The highest BCUT2D eigenvalue weighted by Gasteiger charge is 2.18. The minimum Gasteiger partial charge on any atom is -0.329 e. The molecule has 1 heterocycles. The Morgan fingerprint density at radius 2 is 2.05 bits per heavy atom. The van der Waals surface area contributed by atoms with E-state index in [9.17, 15) is 12.8 Å². The summed E-state index contributed by atoms with van der Waals surface area (Å²) in [5.74, 6) is 0.297. The van der Waals surface area contributed by atoms with Crippen LogP contribution in [0.1, 0.15) is 36.7 Å². The van der Waals surface area contributed by atoms with Crippen molar-refractivity contribution in [2.75, 3.05) is 0 Å². The number of hydrogen-bond acceptors (Lipinski definition) is 3. The van der Waals surface area contributed by atoms with E-state index in [4.69, 9.17) is 5.14 Å². The number of rotatable bonds is 4. The molecule has 0 saturated heterocycles. The van der Waals surface area contributed by atoms with Gasteiger partial charge < -0.3 is 4.57 Å². The van der Waals surface area contributed by atoms with Crippen LogP contribution in [-0.4, -0.2) is 18.0 Å². The number of aryl methyl sites for hydroxylation is 1. The van der Waals surface area contributed by atoms with Crippen LogP contribution < -0.4 is 5.14 Å². The molecule has 0 atom stereocenters. The predicted molar refractivity (Wildman–Crippen MR) is 77.9 cm³/mol. The Labute approximate surface area is 123 Å². The molecular formula is C14H18FN3O2S. The fraction of sp³-hybridized carbons (Fsp3) is 0.357. The van der Waals surface area contributed by atoms with E-state index in [0.29, 0.717) is 12.4 Å². The molecular weight excluding hydrogens is 293 g/mol. The lowest BCUT2D eigenvalue weighted by atomic mass is 10.1. The van der Waals surface area contributed by atoms with Crippen molar-refractivity contribution in [3.63, 3.8) is 0 Å². The van der Waals surface area contributed by atoms with E-state index in [1.165, 1.54) is 18.3 Å². The molecule has 114 valence electrons. The number of nitrogens with two attached hydrogens (primary N) is 1. The van der Waals surface area contributed by atoms with Crippen molar-refractivity contribution in [2.24, 2.45) is 5.14 Å². The van der Waals surface area contributed by atoms with Gasteiger partial charge in [-0.3, -0.25) is 0 Å². The van der Waals surface area contributed by atoms with Crippen LogP contribution in [0.5, 0.6) is 0 Å². The van der Waals surface area contributed by atoms with Crippen LogP contribution in [0.15, 0.2) is 29.4 Å². The Kier molecular flexibility index (Phi) is 4.15. The van der Waals surface area contributed by atoms with Crippen LogP contribution in [0.3, 0.4) is 0 Å². The van der Waals surface area contributed by atoms with Gasteiger partial charge in [0.25, 0.3) is 10.0 Å². The van der Waals surface area contributed by atoms with E-state index in [1.807, 2.05) is 20.8 Å². The zero-order valence-corrected chi connectivity index (χ0v) is 13.0. The summed E-state index contributed by atoms with van der Waals surface area (Å²) in [4.78, 5) is 4.09. The van der Waals surface area contributed by atoms with Gasteiger partial charge in [-0.2, -0.15) is 0 Å². The number of benzene rings is 1. The number of aromatic nitrogens is 2. The summed E-state index contributed by atoms with van der Waals surface area (Å²) < 4.78 is 37.9. The van der Waals surface area contributed by atoms with Crippen LogP contribution in [0, 0.1) is 12.7 Å². The van der Waals surface area contributed by atoms with E-state index in [1.54, 1.807) is 10.6 Å². The number of hydrogen-bond donors (Lipinski definition) is 1. The molecule has 0 aliphatic heterocycles. The summed E-state index contributed by atoms with van der Waals surface area (Å²) in [5, 5.41) is 4.96. The average Bonchev–Trinajstić information content (AvgIpc) is 2.78. The van der Waals surface area contributed by atoms with Gasteiger partial charge in [-0.05, 0) is 30.2 Å². The van der Waals surface area contributed by atoms with Gasteiger partial charge in [-0.1, -0.05) is 19.9 Å². The molecule has 21 heavy (non-hydrogen) atoms. The van der Waals surface area contributed by atoms with Gasteiger partial charge in [0.05, 0.1) is 0 Å². The van der Waals surface area contributed by atoms with E-state index in [2.05, 4.69) is 4.98 Å². The second-order valence-electron chi connectivity index (χ2n) is 5.34. The fourth-order valence-electron chi connectivity index (χ4n) is 2.12. The maximum atomic E-state index is 13.4. The molecule has 1 aromatic carbocycles. The van der Waals surface area contributed by atoms with Gasteiger partial charge in [0.1, 0.15) is 11.6 Å². The van der Waals surface area contributed by atoms with Crippen LogP contribution in [-0.2, 0) is 16.6 Å². The number of sulfonamides is 1. The summed E-state index contributed by atoms with van der Waals surface area (Å²) in [6.07, 6.45) is 1.40. The lowest BCUT2D eigenvalue weighted by molar-refractivity contribution is 0.594. The molecule has 0 spiro atoms. The Morgan fingerprint density at radius 3 is 2.62 bits per heavy atom. The summed E-state index contributed by atoms with van der Waals surface area (Å²) >= 11 is 0. The molecule has 0 aliphatic carbocycles. The third kappa shape index (κ3) is 3.48. The first kappa shape index (κ1) is 15.7. The normalized spacial score (nSPS) is 12.1. The lowest BCUT2D eigenvalue weighted by Gasteiger charge is -2.12. The summed E-state index contributed by atoms with van der Waals surface area (Å²) in [6, 6.07) is 4.53. The zero-order valence-electron chi connectivity index (χ0n) is 12.2. The molecule has 5 nitrogen and oxygen atoms in total. The second-order valence-corrected chi connectivity index (χ2v) is 6.84. The Morgan fingerprint density at radius 1 is 1.38 bits per heavy atom. The first-order valence-corrected chi connectivity index (χ1v) is 8.08. The van der Waals surface area contributed by atoms with Crippen molar-refractivity contribution in [2.45, 2.75) is 38.3 Å². The molecule has 0 fully saturated rings. The van der Waals surface area contributed by atoms with E-state index >= 15 is 0 Å². The number of primary sulfonamides is 1. The van der Waals surface area contributed by atoms with Gasteiger partial charge in [-0.15, -0.1) is 0 Å². The largest absolute Gasteiger partial charge is 0.329 e. The molecule has 0 unspecified atom stereocenters. The molecule has 0 saturated carbocycles. The highest BCUT2D eigenvalue weighted by molar-refractivity contribution is 7.89. The average molecular weight is 311 g/mol. The minimum absolute atomic E-state index is 0.0226. The molecule has 0 bridgehead atoms. The third-order valence-electron chi connectivity index (χ3n) is 3.25. The number of imidazole rings is 1. The van der Waals surface area contributed by atoms with Crippen molar-refractivity contribution in [1.29, 1.82) is 0 Å². The number of halogens is 1. The Balaban J connectivity index is 2.48. The summed E-state index contributed by atoms with van der Waals surface area (Å²) in [6.45, 7) is 6.04. The Hall–Kier alpha value is -1.73. The van der Waals surface area contributed by atoms with E-state index in [-0.39, 0.29) is 16.8 Å². The highest BCUT2D eigenvalue weighted by atomic mass is 32.2. The maximum absolute atomic E-state index is 13.4. The topological polar surface area (TPSA) is 78.0 Å². The van der Waals surface area contributed by atoms with Crippen LogP contribution in [0.2, 0.25) is 0 Å². The van der Waals surface area contributed by atoms with Crippen molar-refractivity contribution >= 4 is 10.0 Å².